The molecular formula is C46H79NO8P+. The van der Waals surface area contributed by atoms with E-state index in [-0.39, 0.29) is 26.1 Å². The van der Waals surface area contributed by atoms with Crippen molar-refractivity contribution in [3.8, 4) is 0 Å². The maximum absolute atomic E-state index is 12.6. The van der Waals surface area contributed by atoms with Crippen molar-refractivity contribution in [2.45, 2.75) is 148 Å². The average Bonchev–Trinajstić information content (AvgIpc) is 3.15. The summed E-state index contributed by atoms with van der Waals surface area (Å²) in [5, 5.41) is 0. The summed E-state index contributed by atoms with van der Waals surface area (Å²) in [6.45, 7) is 4.17. The van der Waals surface area contributed by atoms with Crippen LogP contribution in [0.3, 0.4) is 0 Å². The number of ether oxygens (including phenoxy) is 2. The molecule has 0 spiro atoms. The van der Waals surface area contributed by atoms with Gasteiger partial charge in [0.25, 0.3) is 0 Å². The molecule has 1 N–H and O–H groups in total. The van der Waals surface area contributed by atoms with Gasteiger partial charge in [-0.1, -0.05) is 137 Å². The van der Waals surface area contributed by atoms with Crippen molar-refractivity contribution in [1.29, 1.82) is 0 Å². The number of quaternary nitrogens is 1. The van der Waals surface area contributed by atoms with Gasteiger partial charge in [0, 0.05) is 12.8 Å². The number of carbonyl (C=O) groups is 2. The first-order chi connectivity index (χ1) is 27.0. The molecule has 2 unspecified atom stereocenters. The molecule has 56 heavy (non-hydrogen) atoms. The molecule has 0 rings (SSSR count). The second kappa shape index (κ2) is 37.7. The van der Waals surface area contributed by atoms with E-state index >= 15 is 0 Å². The zero-order chi connectivity index (χ0) is 41.4. The second-order valence-corrected chi connectivity index (χ2v) is 16.4. The van der Waals surface area contributed by atoms with Crippen LogP contribution in [0.15, 0.2) is 85.1 Å². The maximum atomic E-state index is 12.6. The van der Waals surface area contributed by atoms with Crippen LogP contribution in [-0.4, -0.2) is 74.9 Å². The van der Waals surface area contributed by atoms with Crippen molar-refractivity contribution in [2.75, 3.05) is 47.5 Å². The Labute approximate surface area is 341 Å². The number of hydrogen-bond acceptors (Lipinski definition) is 7. The third kappa shape index (κ3) is 40.8. The third-order valence-corrected chi connectivity index (χ3v) is 9.41. The lowest BCUT2D eigenvalue weighted by Gasteiger charge is -2.24. The van der Waals surface area contributed by atoms with E-state index in [9.17, 15) is 19.0 Å². The Morgan fingerprint density at radius 1 is 0.571 bits per heavy atom. The third-order valence-electron chi connectivity index (χ3n) is 8.42. The highest BCUT2D eigenvalue weighted by atomic mass is 31.2. The topological polar surface area (TPSA) is 108 Å². The summed E-state index contributed by atoms with van der Waals surface area (Å²) in [5.74, 6) is -0.925. The van der Waals surface area contributed by atoms with E-state index in [2.05, 4.69) is 86.8 Å². The molecule has 0 heterocycles. The SMILES string of the molecule is CC/C=C/C/C=C/C/C=C/C/C=C/C/C=C/C/C=C/CCC(=O)OC(COC(=O)CCCCC/C=C/CCCCCCCC)COP(=O)(O)OCC[N+](C)(C)C. The molecule has 0 saturated heterocycles. The Bertz CT molecular complexity index is 1230. The minimum absolute atomic E-state index is 0.0115. The molecule has 0 aromatic rings. The normalized spacial score (nSPS) is 14.5. The lowest BCUT2D eigenvalue weighted by molar-refractivity contribution is -0.870. The second-order valence-electron chi connectivity index (χ2n) is 15.0. The van der Waals surface area contributed by atoms with Gasteiger partial charge in [0.2, 0.25) is 0 Å². The zero-order valence-corrected chi connectivity index (χ0v) is 36.7. The molecule has 10 heteroatoms. The van der Waals surface area contributed by atoms with Gasteiger partial charge < -0.3 is 18.9 Å². The summed E-state index contributed by atoms with van der Waals surface area (Å²) in [5.41, 5.74) is 0. The molecule has 0 radical (unpaired) electrons. The number of phosphoric acid groups is 1. The van der Waals surface area contributed by atoms with Crippen molar-refractivity contribution in [3.05, 3.63) is 85.1 Å². The quantitative estimate of drug-likeness (QED) is 0.0217. The molecule has 0 fully saturated rings. The van der Waals surface area contributed by atoms with Crippen molar-refractivity contribution in [3.63, 3.8) is 0 Å². The van der Waals surface area contributed by atoms with Crippen LogP contribution < -0.4 is 0 Å². The van der Waals surface area contributed by atoms with Crippen molar-refractivity contribution in [2.24, 2.45) is 0 Å². The molecule has 0 saturated carbocycles. The van der Waals surface area contributed by atoms with Crippen molar-refractivity contribution >= 4 is 19.8 Å². The first kappa shape index (κ1) is 53.2. The minimum atomic E-state index is -4.40. The fourth-order valence-electron chi connectivity index (χ4n) is 5.09. The Morgan fingerprint density at radius 2 is 1.05 bits per heavy atom. The van der Waals surface area contributed by atoms with Gasteiger partial charge in [0.05, 0.1) is 27.7 Å². The summed E-state index contributed by atoms with van der Waals surface area (Å²) in [7, 11) is 1.41. The largest absolute Gasteiger partial charge is 0.472 e. The summed E-state index contributed by atoms with van der Waals surface area (Å²) in [6, 6.07) is 0. The number of unbranched alkanes of at least 4 members (excludes halogenated alkanes) is 9. The van der Waals surface area contributed by atoms with Crippen LogP contribution >= 0.6 is 7.82 Å². The fourth-order valence-corrected chi connectivity index (χ4v) is 5.83. The maximum Gasteiger partial charge on any atom is 0.472 e. The standard InChI is InChI=1S/C46H78NO8P/c1-6-8-10-12-14-16-18-20-21-22-23-24-25-27-29-31-33-35-37-39-46(49)55-44(43-54-56(50,51)53-41-40-47(3,4)5)42-52-45(48)38-36-34-32-30-28-26-19-17-15-13-11-9-7-2/h8,10,14,16,20-21,23-24,26-29,33,35,44H,6-7,9,11-13,15,17-19,22,25,30-32,34,36-43H2,1-5H3/p+1/b10-8+,16-14+,21-20+,24-23+,28-26+,29-27+,35-33+. The summed E-state index contributed by atoms with van der Waals surface area (Å²) in [6.07, 6.45) is 47.9. The molecule has 0 aromatic heterocycles. The monoisotopic (exact) mass is 805 g/mol. The Kier molecular flexibility index (Phi) is 35.9. The lowest BCUT2D eigenvalue weighted by Crippen LogP contribution is -2.37. The Morgan fingerprint density at radius 3 is 1.59 bits per heavy atom. The van der Waals surface area contributed by atoms with Gasteiger partial charge in [-0.05, 0) is 77.0 Å². The highest BCUT2D eigenvalue weighted by Gasteiger charge is 2.27. The first-order valence-corrected chi connectivity index (χ1v) is 22.8. The van der Waals surface area contributed by atoms with Gasteiger partial charge in [-0.25, -0.2) is 4.57 Å². The van der Waals surface area contributed by atoms with Gasteiger partial charge in [0.15, 0.2) is 6.10 Å². The predicted molar refractivity (Wildman–Crippen MR) is 233 cm³/mol. The summed E-state index contributed by atoms with van der Waals surface area (Å²) in [4.78, 5) is 35.3. The molecular weight excluding hydrogens is 725 g/mol. The highest BCUT2D eigenvalue weighted by molar-refractivity contribution is 7.47. The van der Waals surface area contributed by atoms with E-state index in [1.54, 1.807) is 0 Å². The molecule has 0 aliphatic rings. The van der Waals surface area contributed by atoms with Gasteiger partial charge in [-0.15, -0.1) is 0 Å². The molecule has 320 valence electrons. The molecule has 0 amide bonds. The van der Waals surface area contributed by atoms with E-state index in [1.807, 2.05) is 33.3 Å². The number of rotatable bonds is 37. The van der Waals surface area contributed by atoms with E-state index in [0.29, 0.717) is 23.9 Å². The van der Waals surface area contributed by atoms with Crippen LogP contribution in [0.5, 0.6) is 0 Å². The van der Waals surface area contributed by atoms with Gasteiger partial charge in [-0.3, -0.25) is 18.6 Å². The van der Waals surface area contributed by atoms with Crippen molar-refractivity contribution < 1.29 is 42.1 Å². The van der Waals surface area contributed by atoms with Crippen LogP contribution in [0.25, 0.3) is 0 Å². The van der Waals surface area contributed by atoms with Gasteiger partial charge in [0.1, 0.15) is 19.8 Å². The summed E-state index contributed by atoms with van der Waals surface area (Å²) >= 11 is 0. The Hall–Kier alpha value is -2.81. The van der Waals surface area contributed by atoms with Crippen molar-refractivity contribution in [1.82, 2.24) is 0 Å². The van der Waals surface area contributed by atoms with E-state index in [0.717, 1.165) is 64.2 Å². The zero-order valence-electron chi connectivity index (χ0n) is 35.8. The number of nitrogens with zero attached hydrogens (tertiary/aromatic N) is 1. The van der Waals surface area contributed by atoms with Crippen LogP contribution in [0.2, 0.25) is 0 Å². The number of carbonyl (C=O) groups excluding carboxylic acids is 2. The number of esters is 2. The molecule has 9 nitrogen and oxygen atoms in total. The molecule has 2 atom stereocenters. The van der Waals surface area contributed by atoms with E-state index in [1.165, 1.54) is 38.5 Å². The average molecular weight is 805 g/mol. The lowest BCUT2D eigenvalue weighted by atomic mass is 10.1. The van der Waals surface area contributed by atoms with Gasteiger partial charge in [-0.2, -0.15) is 0 Å². The predicted octanol–water partition coefficient (Wildman–Crippen LogP) is 12.0. The highest BCUT2D eigenvalue weighted by Crippen LogP contribution is 2.43. The first-order valence-electron chi connectivity index (χ1n) is 21.3. The van der Waals surface area contributed by atoms with E-state index in [4.69, 9.17) is 18.5 Å². The summed E-state index contributed by atoms with van der Waals surface area (Å²) < 4.78 is 34.1. The number of hydrogen-bond donors (Lipinski definition) is 1. The number of phosphoric ester groups is 1. The van der Waals surface area contributed by atoms with Crippen LogP contribution in [0.1, 0.15) is 142 Å². The minimum Gasteiger partial charge on any atom is -0.462 e. The van der Waals surface area contributed by atoms with Gasteiger partial charge >= 0.3 is 19.8 Å². The van der Waals surface area contributed by atoms with E-state index < -0.39 is 32.5 Å². The number of likely N-dealkylation sites (N-methyl/N-ethyl adjacent to an activating group) is 1. The van der Waals surface area contributed by atoms with Crippen LogP contribution in [0, 0.1) is 0 Å². The van der Waals surface area contributed by atoms with Crippen LogP contribution in [0.4, 0.5) is 0 Å². The molecule has 0 aliphatic carbocycles. The molecule has 0 bridgehead atoms. The Balaban J connectivity index is 4.56. The smallest absolute Gasteiger partial charge is 0.462 e. The van der Waals surface area contributed by atoms with Crippen LogP contribution in [-0.2, 0) is 32.7 Å². The fraction of sp³-hybridized carbons (Fsp3) is 0.652. The number of allylic oxidation sites excluding steroid dienone is 14. The molecule has 0 aromatic carbocycles. The molecule has 0 aliphatic heterocycles.